The molecule has 3 amide bonds. The number of aryl methyl sites for hydroxylation is 1. The molecule has 2 aromatic rings. The Kier molecular flexibility index (Phi) is 6.65. The summed E-state index contributed by atoms with van der Waals surface area (Å²) < 4.78 is 0. The summed E-state index contributed by atoms with van der Waals surface area (Å²) in [5.74, 6) is -3.45. The Labute approximate surface area is 208 Å². The van der Waals surface area contributed by atoms with Gasteiger partial charge in [-0.25, -0.2) is 5.01 Å². The number of Topliss-reactive ketones (excluding diaryl/α,β-unsaturated/α-hetero) is 1. The van der Waals surface area contributed by atoms with Crippen LogP contribution in [0.2, 0.25) is 10.0 Å². The highest BCUT2D eigenvalue weighted by Crippen LogP contribution is 2.40. The lowest BCUT2D eigenvalue weighted by atomic mass is 9.78. The molecule has 176 valence electrons. The molecule has 2 aliphatic rings. The number of imide groups is 1. The van der Waals surface area contributed by atoms with Crippen LogP contribution in [0.25, 0.3) is 0 Å². The molecule has 1 saturated heterocycles. The molecule has 1 fully saturated rings. The zero-order valence-electron chi connectivity index (χ0n) is 19.0. The van der Waals surface area contributed by atoms with Crippen molar-refractivity contribution < 1.29 is 19.2 Å². The SMILES string of the molecule is Cc1ccc(C(=O)[C@H](C)N(C(=O)c2ccc(Cl)cc2Cl)N2C(=O)[C@@H]3[C@H](C)C=CC[C@H]3C2=O)cc1. The Hall–Kier alpha value is -2.96. The molecule has 0 unspecified atom stereocenters. The maximum absolute atomic E-state index is 13.8. The van der Waals surface area contributed by atoms with E-state index in [1.807, 2.05) is 26.0 Å². The summed E-state index contributed by atoms with van der Waals surface area (Å²) in [6, 6.07) is 10.1. The lowest BCUT2D eigenvalue weighted by Gasteiger charge is -2.35. The molecule has 0 spiro atoms. The average molecular weight is 499 g/mol. The molecule has 0 saturated carbocycles. The van der Waals surface area contributed by atoms with Gasteiger partial charge in [-0.2, -0.15) is 5.01 Å². The number of amides is 3. The number of benzene rings is 2. The summed E-state index contributed by atoms with van der Waals surface area (Å²) in [7, 11) is 0. The zero-order valence-corrected chi connectivity index (χ0v) is 20.5. The maximum atomic E-state index is 13.8. The third-order valence-electron chi connectivity index (χ3n) is 6.52. The van der Waals surface area contributed by atoms with Gasteiger partial charge in [0, 0.05) is 10.6 Å². The van der Waals surface area contributed by atoms with Crippen LogP contribution < -0.4 is 0 Å². The fourth-order valence-electron chi connectivity index (χ4n) is 4.64. The molecule has 34 heavy (non-hydrogen) atoms. The lowest BCUT2D eigenvalue weighted by molar-refractivity contribution is -0.156. The summed E-state index contributed by atoms with van der Waals surface area (Å²) in [5, 5.41) is 2.22. The first-order valence-corrected chi connectivity index (χ1v) is 11.8. The number of rotatable bonds is 5. The molecule has 1 aliphatic carbocycles. The van der Waals surface area contributed by atoms with E-state index in [-0.39, 0.29) is 16.5 Å². The first kappa shape index (κ1) is 24.2. The maximum Gasteiger partial charge on any atom is 0.275 e. The van der Waals surface area contributed by atoms with Crippen molar-refractivity contribution in [3.8, 4) is 0 Å². The van der Waals surface area contributed by atoms with Gasteiger partial charge >= 0.3 is 0 Å². The summed E-state index contributed by atoms with van der Waals surface area (Å²) in [5.41, 5.74) is 1.38. The second-order valence-corrected chi connectivity index (χ2v) is 9.67. The molecule has 0 aromatic heterocycles. The Morgan fingerprint density at radius 1 is 1.06 bits per heavy atom. The quantitative estimate of drug-likeness (QED) is 0.325. The topological polar surface area (TPSA) is 74.8 Å². The third-order valence-corrected chi connectivity index (χ3v) is 7.06. The molecular formula is C26H24Cl2N2O4. The standard InChI is InChI=1S/C26H24Cl2N2O4/c1-14-7-9-17(10-8-14)23(31)16(3)29(24(32)19-12-11-18(27)13-21(19)28)30-25(33)20-6-4-5-15(2)22(20)26(30)34/h4-5,7-13,15-16,20,22H,6H2,1-3H3/t15-,16+,20-,22-/m1/s1. The van der Waals surface area contributed by atoms with Crippen LogP contribution >= 0.6 is 23.2 Å². The molecule has 0 radical (unpaired) electrons. The highest BCUT2D eigenvalue weighted by atomic mass is 35.5. The summed E-state index contributed by atoms with van der Waals surface area (Å²) in [4.78, 5) is 54.1. The smallest absolute Gasteiger partial charge is 0.275 e. The molecular weight excluding hydrogens is 475 g/mol. The highest BCUT2D eigenvalue weighted by molar-refractivity contribution is 6.36. The molecule has 1 heterocycles. The molecule has 1 aliphatic heterocycles. The molecule has 0 bridgehead atoms. The van der Waals surface area contributed by atoms with Crippen molar-refractivity contribution in [1.82, 2.24) is 10.0 Å². The fourth-order valence-corrected chi connectivity index (χ4v) is 5.13. The molecule has 0 N–H and O–H groups in total. The van der Waals surface area contributed by atoms with E-state index in [0.29, 0.717) is 17.0 Å². The predicted molar refractivity (Wildman–Crippen MR) is 129 cm³/mol. The lowest BCUT2D eigenvalue weighted by Crippen LogP contribution is -2.56. The number of carbonyl (C=O) groups is 4. The van der Waals surface area contributed by atoms with Gasteiger partial charge in [0.15, 0.2) is 5.78 Å². The van der Waals surface area contributed by atoms with Gasteiger partial charge in [0.2, 0.25) is 0 Å². The number of hydrogen-bond donors (Lipinski definition) is 0. The fraction of sp³-hybridized carbons (Fsp3) is 0.308. The minimum Gasteiger partial charge on any atom is -0.292 e. The second kappa shape index (κ2) is 9.35. The number of ketones is 1. The minimum atomic E-state index is -1.14. The summed E-state index contributed by atoms with van der Waals surface area (Å²) >= 11 is 12.3. The number of hydrazine groups is 1. The van der Waals surface area contributed by atoms with Crippen molar-refractivity contribution in [2.24, 2.45) is 17.8 Å². The van der Waals surface area contributed by atoms with Crippen molar-refractivity contribution in [3.63, 3.8) is 0 Å². The largest absolute Gasteiger partial charge is 0.292 e. The van der Waals surface area contributed by atoms with Gasteiger partial charge in [-0.15, -0.1) is 0 Å². The number of halogens is 2. The number of nitrogens with zero attached hydrogens (tertiary/aromatic N) is 2. The Balaban J connectivity index is 1.79. The monoisotopic (exact) mass is 498 g/mol. The second-order valence-electron chi connectivity index (χ2n) is 8.82. The molecule has 4 rings (SSSR count). The van der Waals surface area contributed by atoms with Crippen LogP contribution in [0.5, 0.6) is 0 Å². The van der Waals surface area contributed by atoms with E-state index in [4.69, 9.17) is 23.2 Å². The number of fused-ring (bicyclic) bond motifs is 1. The van der Waals surface area contributed by atoms with Gasteiger partial charge in [0.05, 0.1) is 22.4 Å². The number of hydrogen-bond acceptors (Lipinski definition) is 4. The number of carbonyl (C=O) groups excluding carboxylic acids is 4. The van der Waals surface area contributed by atoms with E-state index in [2.05, 4.69) is 0 Å². The van der Waals surface area contributed by atoms with Crippen molar-refractivity contribution in [3.05, 3.63) is 81.4 Å². The van der Waals surface area contributed by atoms with E-state index in [9.17, 15) is 19.2 Å². The summed E-state index contributed by atoms with van der Waals surface area (Å²) in [6.45, 7) is 5.27. The molecule has 6 nitrogen and oxygen atoms in total. The van der Waals surface area contributed by atoms with E-state index in [0.717, 1.165) is 15.6 Å². The predicted octanol–water partition coefficient (Wildman–Crippen LogP) is 5.13. The van der Waals surface area contributed by atoms with Crippen LogP contribution in [0.4, 0.5) is 0 Å². The van der Waals surface area contributed by atoms with Crippen LogP contribution in [0.15, 0.2) is 54.6 Å². The van der Waals surface area contributed by atoms with Gasteiger partial charge in [-0.3, -0.25) is 19.2 Å². The highest BCUT2D eigenvalue weighted by Gasteiger charge is 2.54. The van der Waals surface area contributed by atoms with Crippen LogP contribution in [0, 0.1) is 24.7 Å². The van der Waals surface area contributed by atoms with Crippen LogP contribution in [-0.4, -0.2) is 39.6 Å². The minimum absolute atomic E-state index is 0.0382. The van der Waals surface area contributed by atoms with Crippen LogP contribution in [0.1, 0.15) is 46.5 Å². The normalized spacial score (nSPS) is 22.5. The van der Waals surface area contributed by atoms with Gasteiger partial charge in [-0.1, -0.05) is 72.1 Å². The van der Waals surface area contributed by atoms with Gasteiger partial charge in [0.1, 0.15) is 6.04 Å². The van der Waals surface area contributed by atoms with E-state index >= 15 is 0 Å². The third kappa shape index (κ3) is 4.17. The van der Waals surface area contributed by atoms with Crippen LogP contribution in [-0.2, 0) is 9.59 Å². The van der Waals surface area contributed by atoms with Gasteiger partial charge in [0.25, 0.3) is 17.7 Å². The molecule has 4 atom stereocenters. The average Bonchev–Trinajstić information content (AvgIpc) is 3.05. The Bertz CT molecular complexity index is 1210. The Morgan fingerprint density at radius 2 is 1.74 bits per heavy atom. The number of allylic oxidation sites excluding steroid dienone is 2. The van der Waals surface area contributed by atoms with Crippen molar-refractivity contribution in [2.45, 2.75) is 33.2 Å². The van der Waals surface area contributed by atoms with Gasteiger partial charge in [-0.05, 0) is 44.4 Å². The molecule has 2 aromatic carbocycles. The van der Waals surface area contributed by atoms with E-state index in [1.165, 1.54) is 25.1 Å². The van der Waals surface area contributed by atoms with Crippen molar-refractivity contribution >= 4 is 46.7 Å². The van der Waals surface area contributed by atoms with Crippen molar-refractivity contribution in [2.75, 3.05) is 0 Å². The van der Waals surface area contributed by atoms with E-state index in [1.54, 1.807) is 24.3 Å². The van der Waals surface area contributed by atoms with Gasteiger partial charge < -0.3 is 0 Å². The first-order chi connectivity index (χ1) is 16.1. The zero-order chi connectivity index (χ0) is 24.7. The van der Waals surface area contributed by atoms with Crippen molar-refractivity contribution in [1.29, 1.82) is 0 Å². The Morgan fingerprint density at radius 3 is 2.35 bits per heavy atom. The van der Waals surface area contributed by atoms with E-state index < -0.39 is 41.4 Å². The summed E-state index contributed by atoms with van der Waals surface area (Å²) in [6.07, 6.45) is 4.18. The first-order valence-electron chi connectivity index (χ1n) is 11.1. The van der Waals surface area contributed by atoms with Crippen LogP contribution in [0.3, 0.4) is 0 Å². The molecule has 8 heteroatoms.